The van der Waals surface area contributed by atoms with Gasteiger partial charge in [0, 0.05) is 31.0 Å². The number of alkyl halides is 1. The second kappa shape index (κ2) is 5.86. The third-order valence-electron chi connectivity index (χ3n) is 3.10. The normalized spacial score (nSPS) is 10.9. The van der Waals surface area contributed by atoms with Crippen molar-refractivity contribution >= 4 is 5.69 Å². The smallest absolute Gasteiger partial charge is 0.109 e. The maximum atomic E-state index is 12.3. The molecule has 0 bridgehead atoms. The van der Waals surface area contributed by atoms with Crippen molar-refractivity contribution in [1.29, 1.82) is 0 Å². The van der Waals surface area contributed by atoms with Crippen molar-refractivity contribution < 1.29 is 4.39 Å². The molecule has 2 aromatic rings. The molecule has 0 fully saturated rings. The average Bonchev–Trinajstić information content (AvgIpc) is 2.91. The van der Waals surface area contributed by atoms with Crippen molar-refractivity contribution in [1.82, 2.24) is 19.6 Å². The summed E-state index contributed by atoms with van der Waals surface area (Å²) < 4.78 is 15.8. The lowest BCUT2D eigenvalue weighted by atomic mass is 10.2. The van der Waals surface area contributed by atoms with Crippen LogP contribution in [-0.4, -0.2) is 26.2 Å². The minimum absolute atomic E-state index is 0.301. The van der Waals surface area contributed by atoms with Crippen molar-refractivity contribution in [3.8, 4) is 0 Å². The first-order valence-corrected chi connectivity index (χ1v) is 6.50. The van der Waals surface area contributed by atoms with Gasteiger partial charge in [0.2, 0.25) is 0 Å². The molecular formula is C13H20FN5. The van der Waals surface area contributed by atoms with Gasteiger partial charge >= 0.3 is 0 Å². The van der Waals surface area contributed by atoms with E-state index >= 15 is 0 Å². The van der Waals surface area contributed by atoms with Gasteiger partial charge in [0.25, 0.3) is 0 Å². The zero-order valence-electron chi connectivity index (χ0n) is 11.6. The molecule has 5 nitrogen and oxygen atoms in total. The Labute approximate surface area is 112 Å². The third kappa shape index (κ3) is 3.13. The molecule has 19 heavy (non-hydrogen) atoms. The van der Waals surface area contributed by atoms with E-state index in [4.69, 9.17) is 0 Å². The second-order valence-corrected chi connectivity index (χ2v) is 4.53. The van der Waals surface area contributed by atoms with Crippen LogP contribution in [0.3, 0.4) is 0 Å². The van der Waals surface area contributed by atoms with Crippen LogP contribution in [-0.2, 0) is 19.6 Å². The Balaban J connectivity index is 2.03. The molecule has 0 saturated carbocycles. The first kappa shape index (κ1) is 13.6. The summed E-state index contributed by atoms with van der Waals surface area (Å²) in [5.41, 5.74) is 4.02. The van der Waals surface area contributed by atoms with Crippen LogP contribution >= 0.6 is 0 Å². The molecule has 2 rings (SSSR count). The first-order valence-electron chi connectivity index (χ1n) is 6.50. The van der Waals surface area contributed by atoms with Gasteiger partial charge in [-0.25, -0.2) is 4.39 Å². The van der Waals surface area contributed by atoms with Crippen molar-refractivity contribution in [2.24, 2.45) is 0 Å². The monoisotopic (exact) mass is 265 g/mol. The van der Waals surface area contributed by atoms with Crippen molar-refractivity contribution in [2.45, 2.75) is 40.4 Å². The van der Waals surface area contributed by atoms with E-state index in [1.54, 1.807) is 4.68 Å². The quantitative estimate of drug-likeness (QED) is 0.871. The fraction of sp³-hybridized carbons (Fsp3) is 0.538. The summed E-state index contributed by atoms with van der Waals surface area (Å²) in [5, 5.41) is 12.0. The number of anilines is 1. The van der Waals surface area contributed by atoms with Crippen LogP contribution in [0, 0.1) is 13.8 Å². The molecule has 1 N–H and O–H groups in total. The van der Waals surface area contributed by atoms with Crippen molar-refractivity contribution in [3.05, 3.63) is 29.3 Å². The number of hydrogen-bond donors (Lipinski definition) is 1. The Morgan fingerprint density at radius 2 is 1.89 bits per heavy atom. The molecule has 0 aliphatic heterocycles. The number of halogens is 1. The molecule has 0 unspecified atom stereocenters. The highest BCUT2D eigenvalue weighted by Crippen LogP contribution is 2.15. The molecule has 0 aliphatic carbocycles. The molecule has 2 aromatic heterocycles. The maximum absolute atomic E-state index is 12.3. The predicted molar refractivity (Wildman–Crippen MR) is 72.9 cm³/mol. The van der Waals surface area contributed by atoms with Crippen LogP contribution in [0.1, 0.15) is 23.9 Å². The van der Waals surface area contributed by atoms with Gasteiger partial charge in [0.1, 0.15) is 6.67 Å². The highest BCUT2D eigenvalue weighted by Gasteiger charge is 2.07. The summed E-state index contributed by atoms with van der Waals surface area (Å²) >= 11 is 0. The van der Waals surface area contributed by atoms with E-state index < -0.39 is 6.67 Å². The predicted octanol–water partition coefficient (Wildman–Crippen LogP) is 2.30. The van der Waals surface area contributed by atoms with Gasteiger partial charge in [-0.05, 0) is 20.8 Å². The minimum Gasteiger partial charge on any atom is -0.378 e. The Morgan fingerprint density at radius 3 is 2.53 bits per heavy atom. The van der Waals surface area contributed by atoms with Crippen LogP contribution in [0.15, 0.2) is 12.4 Å². The van der Waals surface area contributed by atoms with E-state index in [0.29, 0.717) is 13.1 Å². The highest BCUT2D eigenvalue weighted by molar-refractivity contribution is 5.46. The van der Waals surface area contributed by atoms with Gasteiger partial charge in [-0.3, -0.25) is 9.36 Å². The summed E-state index contributed by atoms with van der Waals surface area (Å²) in [4.78, 5) is 0. The molecular weight excluding hydrogens is 245 g/mol. The molecule has 0 aliphatic rings. The van der Waals surface area contributed by atoms with Gasteiger partial charge in [-0.2, -0.15) is 10.2 Å². The fourth-order valence-corrected chi connectivity index (χ4v) is 1.98. The number of nitrogens with zero attached hydrogens (tertiary/aromatic N) is 4. The van der Waals surface area contributed by atoms with Crippen LogP contribution < -0.4 is 5.32 Å². The van der Waals surface area contributed by atoms with Gasteiger partial charge in [0.05, 0.1) is 23.6 Å². The van der Waals surface area contributed by atoms with Gasteiger partial charge in [0.15, 0.2) is 0 Å². The van der Waals surface area contributed by atoms with E-state index in [2.05, 4.69) is 22.4 Å². The lowest BCUT2D eigenvalue weighted by molar-refractivity contribution is 0.426. The summed E-state index contributed by atoms with van der Waals surface area (Å²) in [6.45, 7) is 7.46. The zero-order valence-corrected chi connectivity index (χ0v) is 11.6. The Morgan fingerprint density at radius 1 is 1.16 bits per heavy atom. The number of hydrogen-bond acceptors (Lipinski definition) is 3. The number of aryl methyl sites for hydroxylation is 4. The van der Waals surface area contributed by atoms with E-state index in [9.17, 15) is 4.39 Å². The summed E-state index contributed by atoms with van der Waals surface area (Å²) in [7, 11) is 0. The lowest BCUT2D eigenvalue weighted by Crippen LogP contribution is -2.00. The lowest BCUT2D eigenvalue weighted by Gasteiger charge is -2.03. The summed E-state index contributed by atoms with van der Waals surface area (Å²) in [6.07, 6.45) is 3.89. The molecule has 0 atom stereocenters. The summed E-state index contributed by atoms with van der Waals surface area (Å²) in [6, 6.07) is 0. The molecule has 0 saturated heterocycles. The van der Waals surface area contributed by atoms with Gasteiger partial charge in [-0.15, -0.1) is 0 Å². The Hall–Kier alpha value is -1.85. The maximum Gasteiger partial charge on any atom is 0.109 e. The molecule has 2 heterocycles. The van der Waals surface area contributed by atoms with Crippen molar-refractivity contribution in [2.75, 3.05) is 12.0 Å². The summed E-state index contributed by atoms with van der Waals surface area (Å²) in [5.74, 6) is 0. The van der Waals surface area contributed by atoms with Crippen LogP contribution in [0.25, 0.3) is 0 Å². The third-order valence-corrected chi connectivity index (χ3v) is 3.10. The number of aromatic nitrogens is 4. The molecule has 0 amide bonds. The largest absolute Gasteiger partial charge is 0.378 e. The van der Waals surface area contributed by atoms with Crippen LogP contribution in [0.2, 0.25) is 0 Å². The number of nitrogens with one attached hydrogen (secondary N) is 1. The van der Waals surface area contributed by atoms with Crippen molar-refractivity contribution in [3.63, 3.8) is 0 Å². The average molecular weight is 265 g/mol. The Kier molecular flexibility index (Phi) is 4.19. The highest BCUT2D eigenvalue weighted by atomic mass is 19.1. The fourth-order valence-electron chi connectivity index (χ4n) is 1.98. The molecule has 0 radical (unpaired) electrons. The van der Waals surface area contributed by atoms with E-state index in [-0.39, 0.29) is 0 Å². The van der Waals surface area contributed by atoms with Gasteiger partial charge < -0.3 is 5.32 Å². The first-order chi connectivity index (χ1) is 9.13. The van der Waals surface area contributed by atoms with E-state index in [1.165, 1.54) is 5.56 Å². The topological polar surface area (TPSA) is 47.7 Å². The molecule has 0 spiro atoms. The van der Waals surface area contributed by atoms with E-state index in [1.807, 2.05) is 30.9 Å². The SMILES string of the molecule is CCn1cc(CNc2cn(CCF)nc2C)c(C)n1. The van der Waals surface area contributed by atoms with Gasteiger partial charge in [-0.1, -0.05) is 0 Å². The van der Waals surface area contributed by atoms with Crippen LogP contribution in [0.4, 0.5) is 10.1 Å². The zero-order chi connectivity index (χ0) is 13.8. The molecule has 104 valence electrons. The molecule has 6 heteroatoms. The Bertz CT molecular complexity index is 543. The second-order valence-electron chi connectivity index (χ2n) is 4.53. The van der Waals surface area contributed by atoms with Crippen LogP contribution in [0.5, 0.6) is 0 Å². The standard InChI is InChI=1S/C13H20FN5/c1-4-18-8-12(10(2)16-18)7-15-13-9-19(6-5-14)17-11(13)3/h8-9,15H,4-7H2,1-3H3. The molecule has 0 aromatic carbocycles. The minimum atomic E-state index is -0.400. The van der Waals surface area contributed by atoms with E-state index in [0.717, 1.165) is 23.6 Å². The number of rotatable bonds is 6.